The second-order valence-corrected chi connectivity index (χ2v) is 12.4. The summed E-state index contributed by atoms with van der Waals surface area (Å²) in [5.41, 5.74) is 12.7. The van der Waals surface area contributed by atoms with Crippen LogP contribution >= 0.6 is 0 Å². The number of pyridine rings is 1. The number of para-hydroxylation sites is 1. The SMILES string of the molecule is c1ccc(-c2cc(-c3ccc(-c4ccc(-c5nc6ccccc6c6c(-c7ccccc7)cccc56)cc4)cc3)nc(-c3ccccc3)n2)cc1. The van der Waals surface area contributed by atoms with E-state index in [2.05, 4.69) is 152 Å². The van der Waals surface area contributed by atoms with Crippen molar-refractivity contribution in [1.82, 2.24) is 15.0 Å². The third kappa shape index (κ3) is 5.51. The summed E-state index contributed by atoms with van der Waals surface area (Å²) in [6.45, 7) is 0. The number of fused-ring (bicyclic) bond motifs is 3. The predicted molar refractivity (Wildman–Crippen MR) is 207 cm³/mol. The molecule has 0 unspecified atom stereocenters. The summed E-state index contributed by atoms with van der Waals surface area (Å²) in [4.78, 5) is 15.1. The molecule has 3 heteroatoms. The van der Waals surface area contributed by atoms with E-state index in [1.807, 2.05) is 36.4 Å². The zero-order valence-corrected chi connectivity index (χ0v) is 27.2. The predicted octanol–water partition coefficient (Wildman–Crippen LogP) is 12.2. The van der Waals surface area contributed by atoms with Gasteiger partial charge in [-0.05, 0) is 34.4 Å². The van der Waals surface area contributed by atoms with Gasteiger partial charge in [0.05, 0.1) is 22.6 Å². The second-order valence-electron chi connectivity index (χ2n) is 12.4. The monoisotopic (exact) mass is 637 g/mol. The summed E-state index contributed by atoms with van der Waals surface area (Å²) in [5.74, 6) is 0.715. The highest BCUT2D eigenvalue weighted by Crippen LogP contribution is 2.39. The molecule has 9 rings (SSSR count). The first kappa shape index (κ1) is 29.4. The van der Waals surface area contributed by atoms with Crippen LogP contribution in [0.1, 0.15) is 0 Å². The largest absolute Gasteiger partial charge is 0.247 e. The quantitative estimate of drug-likeness (QED) is 0.170. The molecule has 3 nitrogen and oxygen atoms in total. The molecule has 0 saturated heterocycles. The summed E-state index contributed by atoms with van der Waals surface area (Å²) in [5, 5.41) is 3.55. The smallest absolute Gasteiger partial charge is 0.160 e. The Kier molecular flexibility index (Phi) is 7.49. The first-order chi connectivity index (χ1) is 24.8. The van der Waals surface area contributed by atoms with Gasteiger partial charge >= 0.3 is 0 Å². The fourth-order valence-corrected chi connectivity index (χ4v) is 6.80. The zero-order valence-electron chi connectivity index (χ0n) is 27.2. The number of rotatable bonds is 6. The van der Waals surface area contributed by atoms with E-state index < -0.39 is 0 Å². The molecule has 0 aliphatic heterocycles. The molecule has 0 radical (unpaired) electrons. The summed E-state index contributed by atoms with van der Waals surface area (Å²) in [6, 6.07) is 65.6. The third-order valence-electron chi connectivity index (χ3n) is 9.31. The average Bonchev–Trinajstić information content (AvgIpc) is 3.21. The molecule has 0 aliphatic carbocycles. The molecule has 2 aromatic heterocycles. The molecule has 0 fully saturated rings. The van der Waals surface area contributed by atoms with Crippen LogP contribution < -0.4 is 0 Å². The van der Waals surface area contributed by atoms with E-state index in [1.54, 1.807) is 0 Å². The van der Waals surface area contributed by atoms with Crippen molar-refractivity contribution in [3.05, 3.63) is 188 Å². The van der Waals surface area contributed by atoms with Crippen molar-refractivity contribution in [2.24, 2.45) is 0 Å². The lowest BCUT2D eigenvalue weighted by Gasteiger charge is -2.14. The molecular formula is C47H31N3. The maximum absolute atomic E-state index is 5.20. The van der Waals surface area contributed by atoms with Crippen LogP contribution in [0.3, 0.4) is 0 Å². The third-order valence-corrected chi connectivity index (χ3v) is 9.31. The van der Waals surface area contributed by atoms with Crippen LogP contribution in [0, 0.1) is 0 Å². The zero-order chi connectivity index (χ0) is 33.3. The lowest BCUT2D eigenvalue weighted by molar-refractivity contribution is 1.18. The van der Waals surface area contributed by atoms with Gasteiger partial charge in [0.2, 0.25) is 0 Å². The van der Waals surface area contributed by atoms with Crippen molar-refractivity contribution in [2.45, 2.75) is 0 Å². The van der Waals surface area contributed by atoms with Crippen molar-refractivity contribution in [2.75, 3.05) is 0 Å². The van der Waals surface area contributed by atoms with Crippen LogP contribution in [-0.4, -0.2) is 15.0 Å². The standard InChI is InChI=1S/C47H31N3/c1-4-13-34(14-5-1)39-20-12-21-41-45(39)40-19-10-11-22-42(40)48-46(41)37-29-25-33(26-30-37)32-23-27-36(28-24-32)44-31-43(35-15-6-2-7-16-35)49-47(50-44)38-17-8-3-9-18-38/h1-31H. The molecular weight excluding hydrogens is 607 g/mol. The average molecular weight is 638 g/mol. The van der Waals surface area contributed by atoms with Gasteiger partial charge in [0, 0.05) is 38.4 Å². The van der Waals surface area contributed by atoms with E-state index in [0.717, 1.165) is 66.8 Å². The molecule has 50 heavy (non-hydrogen) atoms. The number of hydrogen-bond acceptors (Lipinski definition) is 3. The Morgan fingerprint density at radius 2 is 0.780 bits per heavy atom. The van der Waals surface area contributed by atoms with Crippen molar-refractivity contribution in [1.29, 1.82) is 0 Å². The Hall–Kier alpha value is -6.71. The van der Waals surface area contributed by atoms with Gasteiger partial charge in [-0.2, -0.15) is 0 Å². The Balaban J connectivity index is 1.08. The van der Waals surface area contributed by atoms with E-state index >= 15 is 0 Å². The molecule has 0 bridgehead atoms. The minimum atomic E-state index is 0.715. The van der Waals surface area contributed by atoms with E-state index in [4.69, 9.17) is 15.0 Å². The van der Waals surface area contributed by atoms with Crippen LogP contribution in [-0.2, 0) is 0 Å². The molecule has 0 saturated carbocycles. The van der Waals surface area contributed by atoms with Crippen molar-refractivity contribution >= 4 is 21.7 Å². The first-order valence-electron chi connectivity index (χ1n) is 16.9. The summed E-state index contributed by atoms with van der Waals surface area (Å²) >= 11 is 0. The fraction of sp³-hybridized carbons (Fsp3) is 0. The molecule has 0 aliphatic rings. The highest BCUT2D eigenvalue weighted by atomic mass is 14.9. The van der Waals surface area contributed by atoms with E-state index in [1.165, 1.54) is 16.5 Å². The lowest BCUT2D eigenvalue weighted by Crippen LogP contribution is -1.95. The van der Waals surface area contributed by atoms with Gasteiger partial charge in [-0.3, -0.25) is 0 Å². The number of benzene rings is 7. The van der Waals surface area contributed by atoms with Crippen LogP contribution in [0.4, 0.5) is 0 Å². The highest BCUT2D eigenvalue weighted by Gasteiger charge is 2.15. The maximum atomic E-state index is 5.20. The highest BCUT2D eigenvalue weighted by molar-refractivity contribution is 6.17. The minimum Gasteiger partial charge on any atom is -0.247 e. The second kappa shape index (κ2) is 12.7. The molecule has 0 N–H and O–H groups in total. The molecule has 7 aromatic carbocycles. The van der Waals surface area contributed by atoms with E-state index in [0.29, 0.717) is 5.82 Å². The molecule has 0 atom stereocenters. The Labute approximate surface area is 291 Å². The molecule has 2 heterocycles. The maximum Gasteiger partial charge on any atom is 0.160 e. The van der Waals surface area contributed by atoms with Crippen LogP contribution in [0.15, 0.2) is 188 Å². The Morgan fingerprint density at radius 1 is 0.300 bits per heavy atom. The molecule has 9 aromatic rings. The Morgan fingerprint density at radius 3 is 1.42 bits per heavy atom. The topological polar surface area (TPSA) is 38.7 Å². The summed E-state index contributed by atoms with van der Waals surface area (Å²) < 4.78 is 0. The first-order valence-corrected chi connectivity index (χ1v) is 16.9. The number of hydrogen-bond donors (Lipinski definition) is 0. The van der Waals surface area contributed by atoms with Gasteiger partial charge in [-0.1, -0.05) is 176 Å². The van der Waals surface area contributed by atoms with Gasteiger partial charge in [0.25, 0.3) is 0 Å². The molecule has 0 amide bonds. The van der Waals surface area contributed by atoms with Gasteiger partial charge in [-0.25, -0.2) is 15.0 Å². The fourth-order valence-electron chi connectivity index (χ4n) is 6.80. The van der Waals surface area contributed by atoms with E-state index in [-0.39, 0.29) is 0 Å². The minimum absolute atomic E-state index is 0.715. The van der Waals surface area contributed by atoms with Crippen LogP contribution in [0.5, 0.6) is 0 Å². The lowest BCUT2D eigenvalue weighted by atomic mass is 9.92. The van der Waals surface area contributed by atoms with Gasteiger partial charge in [-0.15, -0.1) is 0 Å². The normalized spacial score (nSPS) is 11.2. The molecule has 234 valence electrons. The van der Waals surface area contributed by atoms with Gasteiger partial charge < -0.3 is 0 Å². The number of aromatic nitrogens is 3. The Bertz CT molecular complexity index is 2540. The number of nitrogens with zero attached hydrogens (tertiary/aromatic N) is 3. The van der Waals surface area contributed by atoms with Crippen LogP contribution in [0.2, 0.25) is 0 Å². The van der Waals surface area contributed by atoms with Crippen molar-refractivity contribution in [3.8, 4) is 67.4 Å². The van der Waals surface area contributed by atoms with Crippen LogP contribution in [0.25, 0.3) is 89.1 Å². The molecule has 0 spiro atoms. The summed E-state index contributed by atoms with van der Waals surface area (Å²) in [6.07, 6.45) is 0. The van der Waals surface area contributed by atoms with Crippen molar-refractivity contribution in [3.63, 3.8) is 0 Å². The van der Waals surface area contributed by atoms with Gasteiger partial charge in [0.15, 0.2) is 5.82 Å². The van der Waals surface area contributed by atoms with E-state index in [9.17, 15) is 0 Å². The van der Waals surface area contributed by atoms with Crippen molar-refractivity contribution < 1.29 is 0 Å². The van der Waals surface area contributed by atoms with Gasteiger partial charge in [0.1, 0.15) is 0 Å². The summed E-state index contributed by atoms with van der Waals surface area (Å²) in [7, 11) is 0.